The van der Waals surface area contributed by atoms with Gasteiger partial charge in [-0.15, -0.1) is 10.2 Å². The first kappa shape index (κ1) is 15.2. The average molecular weight is 313 g/mol. The van der Waals surface area contributed by atoms with E-state index in [0.29, 0.717) is 23.9 Å². The topological polar surface area (TPSA) is 66.0 Å². The Morgan fingerprint density at radius 1 is 1.40 bits per heavy atom. The van der Waals surface area contributed by atoms with E-state index in [1.165, 1.54) is 0 Å². The number of nitrogens with zero attached hydrogens (tertiary/aromatic N) is 3. The second kappa shape index (κ2) is 6.97. The summed E-state index contributed by atoms with van der Waals surface area (Å²) in [5.41, 5.74) is 6.64. The molecular weight excluding hydrogens is 296 g/mol. The first-order chi connectivity index (χ1) is 9.65. The van der Waals surface area contributed by atoms with Crippen LogP contribution in [0.2, 0.25) is 5.02 Å². The van der Waals surface area contributed by atoms with Crippen molar-refractivity contribution in [3.8, 4) is 5.75 Å². The van der Waals surface area contributed by atoms with Crippen LogP contribution >= 0.6 is 23.4 Å². The predicted octanol–water partition coefficient (Wildman–Crippen LogP) is 2.50. The van der Waals surface area contributed by atoms with Crippen molar-refractivity contribution in [3.05, 3.63) is 34.6 Å². The molecule has 0 aliphatic heterocycles. The van der Waals surface area contributed by atoms with Gasteiger partial charge in [0.25, 0.3) is 0 Å². The number of hydrogen-bond acceptors (Lipinski definition) is 5. The monoisotopic (exact) mass is 312 g/mol. The van der Waals surface area contributed by atoms with E-state index in [-0.39, 0.29) is 0 Å². The summed E-state index contributed by atoms with van der Waals surface area (Å²) in [6.45, 7) is 3.20. The Morgan fingerprint density at radius 3 is 2.90 bits per heavy atom. The lowest BCUT2D eigenvalue weighted by Gasteiger charge is -2.09. The summed E-state index contributed by atoms with van der Waals surface area (Å²) in [6.07, 6.45) is 0. The first-order valence-electron chi connectivity index (χ1n) is 6.20. The van der Waals surface area contributed by atoms with Gasteiger partial charge in [-0.2, -0.15) is 0 Å². The Balaban J connectivity index is 2.14. The molecule has 0 bridgehead atoms. The molecule has 0 spiro atoms. The SMILES string of the molecule is COc1ccc(Cl)cc1CSc1nnc(C)n1CCN. The number of rotatable bonds is 6. The van der Waals surface area contributed by atoms with E-state index in [4.69, 9.17) is 22.1 Å². The van der Waals surface area contributed by atoms with Crippen molar-refractivity contribution in [1.29, 1.82) is 0 Å². The fourth-order valence-corrected chi connectivity index (χ4v) is 3.04. The molecule has 2 N–H and O–H groups in total. The fraction of sp³-hybridized carbons (Fsp3) is 0.385. The zero-order valence-corrected chi connectivity index (χ0v) is 13.0. The smallest absolute Gasteiger partial charge is 0.191 e. The van der Waals surface area contributed by atoms with Gasteiger partial charge >= 0.3 is 0 Å². The highest BCUT2D eigenvalue weighted by Gasteiger charge is 2.11. The summed E-state index contributed by atoms with van der Waals surface area (Å²) in [5.74, 6) is 2.41. The molecule has 1 aromatic carbocycles. The van der Waals surface area contributed by atoms with Crippen molar-refractivity contribution in [3.63, 3.8) is 0 Å². The van der Waals surface area contributed by atoms with E-state index in [2.05, 4.69) is 10.2 Å². The normalized spacial score (nSPS) is 10.8. The van der Waals surface area contributed by atoms with E-state index in [1.807, 2.05) is 29.7 Å². The van der Waals surface area contributed by atoms with Gasteiger partial charge in [-0.3, -0.25) is 0 Å². The maximum atomic E-state index is 6.03. The number of aromatic nitrogens is 3. The third-order valence-corrected chi connectivity index (χ3v) is 4.10. The van der Waals surface area contributed by atoms with Crippen molar-refractivity contribution < 1.29 is 4.74 Å². The van der Waals surface area contributed by atoms with Gasteiger partial charge in [-0.25, -0.2) is 0 Å². The van der Waals surface area contributed by atoms with Crippen LogP contribution in [-0.4, -0.2) is 28.4 Å². The van der Waals surface area contributed by atoms with Crippen molar-refractivity contribution in [1.82, 2.24) is 14.8 Å². The molecule has 1 heterocycles. The van der Waals surface area contributed by atoms with Crippen LogP contribution in [0.3, 0.4) is 0 Å². The van der Waals surface area contributed by atoms with Crippen LogP contribution in [0.25, 0.3) is 0 Å². The van der Waals surface area contributed by atoms with Crippen LogP contribution in [0.15, 0.2) is 23.4 Å². The van der Waals surface area contributed by atoms with E-state index in [9.17, 15) is 0 Å². The van der Waals surface area contributed by atoms with Crippen molar-refractivity contribution in [2.75, 3.05) is 13.7 Å². The van der Waals surface area contributed by atoms with Crippen LogP contribution in [0.1, 0.15) is 11.4 Å². The van der Waals surface area contributed by atoms with Crippen LogP contribution in [0, 0.1) is 6.92 Å². The zero-order chi connectivity index (χ0) is 14.5. The summed E-state index contributed by atoms with van der Waals surface area (Å²) >= 11 is 7.62. The molecule has 0 fully saturated rings. The van der Waals surface area contributed by atoms with E-state index >= 15 is 0 Å². The van der Waals surface area contributed by atoms with Crippen molar-refractivity contribution >= 4 is 23.4 Å². The van der Waals surface area contributed by atoms with Gasteiger partial charge in [0, 0.05) is 29.4 Å². The highest BCUT2D eigenvalue weighted by atomic mass is 35.5. The van der Waals surface area contributed by atoms with Gasteiger partial charge in [0.2, 0.25) is 0 Å². The summed E-state index contributed by atoms with van der Waals surface area (Å²) in [7, 11) is 1.65. The highest BCUT2D eigenvalue weighted by Crippen LogP contribution is 2.29. The Kier molecular flexibility index (Phi) is 5.28. The minimum Gasteiger partial charge on any atom is -0.496 e. The van der Waals surface area contributed by atoms with E-state index < -0.39 is 0 Å². The lowest BCUT2D eigenvalue weighted by molar-refractivity contribution is 0.411. The van der Waals surface area contributed by atoms with Crippen LogP contribution < -0.4 is 10.5 Å². The molecule has 1 aromatic heterocycles. The molecule has 7 heteroatoms. The minimum absolute atomic E-state index is 0.562. The number of methoxy groups -OCH3 is 1. The largest absolute Gasteiger partial charge is 0.496 e. The second-order valence-corrected chi connectivity index (χ2v) is 5.59. The molecule has 0 saturated carbocycles. The molecule has 20 heavy (non-hydrogen) atoms. The number of benzene rings is 1. The minimum atomic E-state index is 0.562. The lowest BCUT2D eigenvalue weighted by atomic mass is 10.2. The Bertz CT molecular complexity index is 588. The summed E-state index contributed by atoms with van der Waals surface area (Å²) in [5, 5.41) is 9.81. The molecule has 0 aliphatic rings. The summed E-state index contributed by atoms with van der Waals surface area (Å²) in [4.78, 5) is 0. The average Bonchev–Trinajstić information content (AvgIpc) is 2.78. The fourth-order valence-electron chi connectivity index (χ4n) is 1.86. The number of nitrogens with two attached hydrogens (primary N) is 1. The summed E-state index contributed by atoms with van der Waals surface area (Å²) < 4.78 is 7.35. The Hall–Kier alpha value is -1.24. The third kappa shape index (κ3) is 3.45. The number of hydrogen-bond donors (Lipinski definition) is 1. The van der Waals surface area contributed by atoms with E-state index in [0.717, 1.165) is 22.3 Å². The maximum absolute atomic E-state index is 6.03. The molecule has 0 unspecified atom stereocenters. The van der Waals surface area contributed by atoms with E-state index in [1.54, 1.807) is 18.9 Å². The molecule has 108 valence electrons. The highest BCUT2D eigenvalue weighted by molar-refractivity contribution is 7.98. The molecule has 0 amide bonds. The Morgan fingerprint density at radius 2 is 2.20 bits per heavy atom. The second-order valence-electron chi connectivity index (χ2n) is 4.21. The molecule has 2 rings (SSSR count). The maximum Gasteiger partial charge on any atom is 0.191 e. The van der Waals surface area contributed by atoms with Gasteiger partial charge in [0.1, 0.15) is 11.6 Å². The summed E-state index contributed by atoms with van der Waals surface area (Å²) in [6, 6.07) is 5.59. The van der Waals surface area contributed by atoms with Gasteiger partial charge in [0.05, 0.1) is 7.11 Å². The first-order valence-corrected chi connectivity index (χ1v) is 7.57. The van der Waals surface area contributed by atoms with Crippen LogP contribution in [0.5, 0.6) is 5.75 Å². The van der Waals surface area contributed by atoms with Gasteiger partial charge in [0.15, 0.2) is 5.16 Å². The molecular formula is C13H17ClN4OS. The van der Waals surface area contributed by atoms with Crippen LogP contribution in [0.4, 0.5) is 0 Å². The molecule has 0 aliphatic carbocycles. The molecule has 0 atom stereocenters. The number of thioether (sulfide) groups is 1. The van der Waals surface area contributed by atoms with Gasteiger partial charge in [-0.1, -0.05) is 23.4 Å². The number of ether oxygens (including phenoxy) is 1. The van der Waals surface area contributed by atoms with Crippen molar-refractivity contribution in [2.24, 2.45) is 5.73 Å². The van der Waals surface area contributed by atoms with Crippen LogP contribution in [-0.2, 0) is 12.3 Å². The van der Waals surface area contributed by atoms with Crippen molar-refractivity contribution in [2.45, 2.75) is 24.4 Å². The lowest BCUT2D eigenvalue weighted by Crippen LogP contribution is -2.12. The molecule has 5 nitrogen and oxygen atoms in total. The molecule has 2 aromatic rings. The molecule has 0 radical (unpaired) electrons. The third-order valence-electron chi connectivity index (χ3n) is 2.85. The number of aryl methyl sites for hydroxylation is 1. The standard InChI is InChI=1S/C13H17ClN4OS/c1-9-16-17-13(18(9)6-5-15)20-8-10-7-11(14)3-4-12(10)19-2/h3-4,7H,5-6,8,15H2,1-2H3. The zero-order valence-electron chi connectivity index (χ0n) is 11.5. The predicted molar refractivity (Wildman–Crippen MR) is 81.4 cm³/mol. The molecule has 0 saturated heterocycles. The Labute approximate surface area is 127 Å². The number of halogens is 1. The quantitative estimate of drug-likeness (QED) is 0.830. The van der Waals surface area contributed by atoms with Gasteiger partial charge in [-0.05, 0) is 25.1 Å². The van der Waals surface area contributed by atoms with Gasteiger partial charge < -0.3 is 15.0 Å².